The van der Waals surface area contributed by atoms with Gasteiger partial charge in [0.1, 0.15) is 5.75 Å². The van der Waals surface area contributed by atoms with E-state index < -0.39 is 5.97 Å². The van der Waals surface area contributed by atoms with Gasteiger partial charge in [0, 0.05) is 11.6 Å². The minimum atomic E-state index is -0.480. The number of hydrogen-bond acceptors (Lipinski definition) is 6. The van der Waals surface area contributed by atoms with Gasteiger partial charge in [-0.1, -0.05) is 47.1 Å². The van der Waals surface area contributed by atoms with Crippen molar-refractivity contribution in [1.29, 1.82) is 0 Å². The van der Waals surface area contributed by atoms with Crippen molar-refractivity contribution in [2.75, 3.05) is 7.11 Å². The summed E-state index contributed by atoms with van der Waals surface area (Å²) in [4.78, 5) is 16.0. The molecule has 0 N–H and O–H groups in total. The van der Waals surface area contributed by atoms with Gasteiger partial charge < -0.3 is 14.0 Å². The zero-order valence-electron chi connectivity index (χ0n) is 14.5. The molecule has 0 saturated heterocycles. The zero-order chi connectivity index (χ0) is 18.4. The summed E-state index contributed by atoms with van der Waals surface area (Å²) < 4.78 is 15.4. The highest BCUT2D eigenvalue weighted by Crippen LogP contribution is 2.21. The molecule has 0 aliphatic rings. The van der Waals surface area contributed by atoms with E-state index in [-0.39, 0.29) is 12.5 Å². The number of nitrogens with zero attached hydrogens (tertiary/aromatic N) is 2. The lowest BCUT2D eigenvalue weighted by molar-refractivity contribution is -0.139. The predicted molar refractivity (Wildman–Crippen MR) is 96.3 cm³/mol. The highest BCUT2D eigenvalue weighted by Gasteiger charge is 2.10. The maximum Gasteiger partial charge on any atom is 0.331 e. The standard InChI is InChI=1S/C20H18N2O4/c1-14-6-8-15(9-7-14)10-11-19(23)25-13-18-21-20(22-26-18)16-4-3-5-17(12-16)24-2/h3-12H,13H2,1-2H3/b11-10+. The molecule has 0 fully saturated rings. The van der Waals surface area contributed by atoms with Gasteiger partial charge in [0.2, 0.25) is 5.82 Å². The maximum absolute atomic E-state index is 11.8. The fraction of sp³-hybridized carbons (Fsp3) is 0.150. The normalized spacial score (nSPS) is 10.8. The first-order valence-corrected chi connectivity index (χ1v) is 8.02. The number of rotatable bonds is 6. The van der Waals surface area contributed by atoms with E-state index in [1.807, 2.05) is 49.4 Å². The van der Waals surface area contributed by atoms with E-state index in [1.54, 1.807) is 19.3 Å². The van der Waals surface area contributed by atoms with Crippen LogP contribution in [0.3, 0.4) is 0 Å². The van der Waals surface area contributed by atoms with Crippen molar-refractivity contribution in [3.8, 4) is 17.1 Å². The number of carbonyl (C=O) groups is 1. The van der Waals surface area contributed by atoms with Crippen molar-refractivity contribution in [2.24, 2.45) is 0 Å². The number of hydrogen-bond donors (Lipinski definition) is 0. The van der Waals surface area contributed by atoms with Crippen LogP contribution in [0.15, 0.2) is 59.1 Å². The number of benzene rings is 2. The largest absolute Gasteiger partial charge is 0.497 e. The number of carbonyl (C=O) groups excluding carboxylic acids is 1. The van der Waals surface area contributed by atoms with Gasteiger partial charge in [0.15, 0.2) is 6.61 Å². The first-order valence-electron chi connectivity index (χ1n) is 8.02. The summed E-state index contributed by atoms with van der Waals surface area (Å²) in [7, 11) is 1.59. The van der Waals surface area contributed by atoms with E-state index in [2.05, 4.69) is 10.1 Å². The van der Waals surface area contributed by atoms with E-state index in [1.165, 1.54) is 6.08 Å². The van der Waals surface area contributed by atoms with Gasteiger partial charge in [-0.3, -0.25) is 0 Å². The van der Waals surface area contributed by atoms with Gasteiger partial charge in [0.25, 0.3) is 5.89 Å². The van der Waals surface area contributed by atoms with Gasteiger partial charge in [-0.05, 0) is 30.7 Å². The Kier molecular flexibility index (Phi) is 5.43. The first kappa shape index (κ1) is 17.4. The molecule has 0 atom stereocenters. The van der Waals surface area contributed by atoms with Crippen molar-refractivity contribution in [1.82, 2.24) is 10.1 Å². The minimum Gasteiger partial charge on any atom is -0.497 e. The van der Waals surface area contributed by atoms with Crippen LogP contribution in [-0.4, -0.2) is 23.2 Å². The minimum absolute atomic E-state index is 0.0892. The lowest BCUT2D eigenvalue weighted by Crippen LogP contribution is -2.01. The van der Waals surface area contributed by atoms with Gasteiger partial charge in [0.05, 0.1) is 7.11 Å². The summed E-state index contributed by atoms with van der Waals surface area (Å²) in [6, 6.07) is 15.1. The second-order valence-corrected chi connectivity index (χ2v) is 5.60. The van der Waals surface area contributed by atoms with Crippen molar-refractivity contribution >= 4 is 12.0 Å². The van der Waals surface area contributed by atoms with Crippen LogP contribution in [0.5, 0.6) is 5.75 Å². The molecule has 0 saturated carbocycles. The molecule has 2 aromatic carbocycles. The molecule has 1 heterocycles. The molecule has 1 aromatic heterocycles. The maximum atomic E-state index is 11.8. The topological polar surface area (TPSA) is 74.5 Å². The van der Waals surface area contributed by atoms with Gasteiger partial charge >= 0.3 is 5.97 Å². The Hall–Kier alpha value is -3.41. The Morgan fingerprint density at radius 2 is 2.00 bits per heavy atom. The molecule has 0 aliphatic carbocycles. The third kappa shape index (κ3) is 4.57. The second-order valence-electron chi connectivity index (χ2n) is 5.60. The van der Waals surface area contributed by atoms with Crippen molar-refractivity contribution in [2.45, 2.75) is 13.5 Å². The summed E-state index contributed by atoms with van der Waals surface area (Å²) in [6.07, 6.45) is 3.06. The number of aryl methyl sites for hydroxylation is 1. The van der Waals surface area contributed by atoms with Crippen LogP contribution in [0, 0.1) is 6.92 Å². The third-order valence-electron chi connectivity index (χ3n) is 3.62. The van der Waals surface area contributed by atoms with E-state index in [9.17, 15) is 4.79 Å². The monoisotopic (exact) mass is 350 g/mol. The highest BCUT2D eigenvalue weighted by molar-refractivity contribution is 5.87. The smallest absolute Gasteiger partial charge is 0.331 e. The summed E-state index contributed by atoms with van der Waals surface area (Å²) >= 11 is 0. The van der Waals surface area contributed by atoms with Gasteiger partial charge in [-0.2, -0.15) is 4.98 Å². The molecule has 0 aliphatic heterocycles. The van der Waals surface area contributed by atoms with E-state index in [0.29, 0.717) is 11.6 Å². The second kappa shape index (κ2) is 8.11. The molecule has 132 valence electrons. The fourth-order valence-electron chi connectivity index (χ4n) is 2.22. The summed E-state index contributed by atoms with van der Waals surface area (Å²) in [5, 5.41) is 3.89. The Morgan fingerprint density at radius 1 is 1.19 bits per heavy atom. The predicted octanol–water partition coefficient (Wildman–Crippen LogP) is 3.81. The van der Waals surface area contributed by atoms with Crippen LogP contribution in [0.4, 0.5) is 0 Å². The Morgan fingerprint density at radius 3 is 2.77 bits per heavy atom. The molecule has 6 nitrogen and oxygen atoms in total. The van der Waals surface area contributed by atoms with E-state index in [0.717, 1.165) is 16.7 Å². The number of methoxy groups -OCH3 is 1. The Bertz CT molecular complexity index is 914. The average molecular weight is 350 g/mol. The third-order valence-corrected chi connectivity index (χ3v) is 3.62. The van der Waals surface area contributed by atoms with Crippen LogP contribution >= 0.6 is 0 Å². The van der Waals surface area contributed by atoms with Gasteiger partial charge in [-0.15, -0.1) is 0 Å². The summed E-state index contributed by atoms with van der Waals surface area (Å²) in [5.41, 5.74) is 2.84. The molecule has 3 aromatic rings. The Labute approximate surface area is 151 Å². The number of ether oxygens (including phenoxy) is 2. The van der Waals surface area contributed by atoms with Crippen molar-refractivity contribution < 1.29 is 18.8 Å². The molecule has 0 bridgehead atoms. The SMILES string of the molecule is COc1cccc(-c2noc(COC(=O)/C=C/c3ccc(C)cc3)n2)c1. The molecule has 0 spiro atoms. The van der Waals surface area contributed by atoms with Crippen LogP contribution in [-0.2, 0) is 16.1 Å². The van der Waals surface area contributed by atoms with Crippen LogP contribution < -0.4 is 4.74 Å². The first-order chi connectivity index (χ1) is 12.6. The lowest BCUT2D eigenvalue weighted by atomic mass is 10.1. The average Bonchev–Trinajstić information content (AvgIpc) is 3.15. The van der Waals surface area contributed by atoms with E-state index in [4.69, 9.17) is 14.0 Å². The summed E-state index contributed by atoms with van der Waals surface area (Å²) in [6.45, 7) is 1.92. The van der Waals surface area contributed by atoms with Crippen LogP contribution in [0.25, 0.3) is 17.5 Å². The molecular formula is C20H18N2O4. The molecular weight excluding hydrogens is 332 g/mol. The quantitative estimate of drug-likeness (QED) is 0.497. The molecule has 0 amide bonds. The number of aromatic nitrogens is 2. The van der Waals surface area contributed by atoms with Crippen molar-refractivity contribution in [3.63, 3.8) is 0 Å². The molecule has 26 heavy (non-hydrogen) atoms. The fourth-order valence-corrected chi connectivity index (χ4v) is 2.22. The molecule has 0 radical (unpaired) electrons. The molecule has 6 heteroatoms. The molecule has 0 unspecified atom stereocenters. The Balaban J connectivity index is 1.57. The number of esters is 1. The van der Waals surface area contributed by atoms with Crippen LogP contribution in [0.1, 0.15) is 17.0 Å². The van der Waals surface area contributed by atoms with Gasteiger partial charge in [-0.25, -0.2) is 4.79 Å². The van der Waals surface area contributed by atoms with Crippen molar-refractivity contribution in [3.05, 3.63) is 71.6 Å². The van der Waals surface area contributed by atoms with E-state index >= 15 is 0 Å². The highest BCUT2D eigenvalue weighted by atomic mass is 16.6. The zero-order valence-corrected chi connectivity index (χ0v) is 14.5. The molecule has 3 rings (SSSR count). The van der Waals surface area contributed by atoms with Crippen LogP contribution in [0.2, 0.25) is 0 Å². The summed E-state index contributed by atoms with van der Waals surface area (Å²) in [5.74, 6) is 0.846. The lowest BCUT2D eigenvalue weighted by Gasteiger charge is -2.00.